The lowest BCUT2D eigenvalue weighted by Crippen LogP contribution is -2.27. The van der Waals surface area contributed by atoms with Gasteiger partial charge in [-0.25, -0.2) is 0 Å². The van der Waals surface area contributed by atoms with Gasteiger partial charge >= 0.3 is 0 Å². The molecule has 0 saturated heterocycles. The molecular formula is C18H20N2O3. The summed E-state index contributed by atoms with van der Waals surface area (Å²) < 4.78 is 0. The molecule has 0 unspecified atom stereocenters. The molecule has 0 aliphatic heterocycles. The molecule has 0 N–H and O–H groups in total. The van der Waals surface area contributed by atoms with Crippen LogP contribution in [0.15, 0.2) is 36.4 Å². The quantitative estimate of drug-likeness (QED) is 0.637. The Bertz CT molecular complexity index is 769. The summed E-state index contributed by atoms with van der Waals surface area (Å²) in [6.07, 6.45) is 0. The van der Waals surface area contributed by atoms with E-state index in [1.165, 1.54) is 11.0 Å². The minimum absolute atomic E-state index is 0.120. The minimum Gasteiger partial charge on any atom is -0.337 e. The summed E-state index contributed by atoms with van der Waals surface area (Å²) in [7, 11) is 1.66. The van der Waals surface area contributed by atoms with Gasteiger partial charge in [-0.3, -0.25) is 14.9 Å². The molecule has 2 aromatic rings. The fraction of sp³-hybridized carbons (Fsp3) is 0.278. The van der Waals surface area contributed by atoms with Gasteiger partial charge in [-0.15, -0.1) is 0 Å². The van der Waals surface area contributed by atoms with Crippen molar-refractivity contribution in [2.45, 2.75) is 27.3 Å². The van der Waals surface area contributed by atoms with Gasteiger partial charge in [0.05, 0.1) is 4.92 Å². The lowest BCUT2D eigenvalue weighted by atomic mass is 10.0. The summed E-state index contributed by atoms with van der Waals surface area (Å²) in [4.78, 5) is 24.9. The zero-order valence-electron chi connectivity index (χ0n) is 13.8. The molecule has 0 bridgehead atoms. The largest absolute Gasteiger partial charge is 0.337 e. The number of para-hydroxylation sites is 1. The Morgan fingerprint density at radius 1 is 1.13 bits per heavy atom. The molecule has 0 saturated carbocycles. The summed E-state index contributed by atoms with van der Waals surface area (Å²) in [5, 5.41) is 11.3. The lowest BCUT2D eigenvalue weighted by molar-refractivity contribution is -0.385. The zero-order valence-corrected chi connectivity index (χ0v) is 13.8. The summed E-state index contributed by atoms with van der Waals surface area (Å²) in [6.45, 7) is 6.06. The first-order valence-corrected chi connectivity index (χ1v) is 7.37. The number of hydrogen-bond acceptors (Lipinski definition) is 3. The number of carbonyl (C=O) groups is 1. The van der Waals surface area contributed by atoms with E-state index in [0.29, 0.717) is 12.1 Å². The average molecular weight is 312 g/mol. The molecule has 0 aromatic heterocycles. The van der Waals surface area contributed by atoms with Crippen LogP contribution in [0.2, 0.25) is 0 Å². The molecule has 0 heterocycles. The van der Waals surface area contributed by atoms with Crippen molar-refractivity contribution in [3.63, 3.8) is 0 Å². The van der Waals surface area contributed by atoms with Gasteiger partial charge in [0.2, 0.25) is 0 Å². The lowest BCUT2D eigenvalue weighted by Gasteiger charge is -2.19. The highest BCUT2D eigenvalue weighted by Gasteiger charge is 2.24. The van der Waals surface area contributed by atoms with Gasteiger partial charge in [0.25, 0.3) is 11.6 Å². The Hall–Kier alpha value is -2.69. The Balaban J connectivity index is 2.30. The highest BCUT2D eigenvalue weighted by atomic mass is 16.6. The van der Waals surface area contributed by atoms with Crippen LogP contribution in [0.25, 0.3) is 0 Å². The zero-order chi connectivity index (χ0) is 17.1. The Morgan fingerprint density at radius 2 is 1.83 bits per heavy atom. The van der Waals surface area contributed by atoms with Crippen LogP contribution >= 0.6 is 0 Å². The second-order valence-corrected chi connectivity index (χ2v) is 5.82. The van der Waals surface area contributed by atoms with E-state index in [1.54, 1.807) is 26.1 Å². The molecule has 0 aliphatic rings. The van der Waals surface area contributed by atoms with E-state index >= 15 is 0 Å². The molecule has 5 nitrogen and oxygen atoms in total. The molecule has 5 heteroatoms. The van der Waals surface area contributed by atoms with Crippen molar-refractivity contribution < 1.29 is 9.72 Å². The average Bonchev–Trinajstić information content (AvgIpc) is 2.48. The van der Waals surface area contributed by atoms with Crippen LogP contribution in [0.1, 0.15) is 32.6 Å². The third-order valence-corrected chi connectivity index (χ3v) is 3.90. The molecule has 0 radical (unpaired) electrons. The molecule has 23 heavy (non-hydrogen) atoms. The number of hydrogen-bond donors (Lipinski definition) is 0. The van der Waals surface area contributed by atoms with Crippen molar-refractivity contribution in [1.29, 1.82) is 0 Å². The predicted octanol–water partition coefficient (Wildman–Crippen LogP) is 3.79. The van der Waals surface area contributed by atoms with E-state index in [2.05, 4.69) is 6.07 Å². The van der Waals surface area contributed by atoms with E-state index in [0.717, 1.165) is 16.7 Å². The Kier molecular flexibility index (Phi) is 4.79. The number of rotatable bonds is 4. The van der Waals surface area contributed by atoms with Gasteiger partial charge < -0.3 is 4.90 Å². The number of nitro groups is 1. The normalized spacial score (nSPS) is 10.4. The number of carbonyl (C=O) groups excluding carboxylic acids is 1. The molecule has 120 valence electrons. The van der Waals surface area contributed by atoms with Crippen molar-refractivity contribution in [3.05, 3.63) is 74.3 Å². The van der Waals surface area contributed by atoms with Gasteiger partial charge in [0.15, 0.2) is 0 Å². The summed E-state index contributed by atoms with van der Waals surface area (Å²) >= 11 is 0. The molecule has 0 atom stereocenters. The topological polar surface area (TPSA) is 63.5 Å². The maximum absolute atomic E-state index is 12.6. The van der Waals surface area contributed by atoms with Crippen LogP contribution in [0, 0.1) is 30.9 Å². The standard InChI is InChI=1S/C18H20N2O3/c1-12-8-9-15(14(3)10-12)11-19(4)18(21)16-7-5-6-13(2)17(16)20(22)23/h5-10H,11H2,1-4H3. The van der Waals surface area contributed by atoms with E-state index in [1.807, 2.05) is 26.0 Å². The van der Waals surface area contributed by atoms with Crippen LogP contribution < -0.4 is 0 Å². The summed E-state index contributed by atoms with van der Waals surface area (Å²) in [6, 6.07) is 10.9. The highest BCUT2D eigenvalue weighted by Crippen LogP contribution is 2.25. The van der Waals surface area contributed by atoms with Gasteiger partial charge in [0, 0.05) is 19.2 Å². The van der Waals surface area contributed by atoms with Crippen molar-refractivity contribution in [2.75, 3.05) is 7.05 Å². The van der Waals surface area contributed by atoms with Crippen LogP contribution in [0.5, 0.6) is 0 Å². The maximum atomic E-state index is 12.6. The van der Waals surface area contributed by atoms with Gasteiger partial charge in [-0.2, -0.15) is 0 Å². The van der Waals surface area contributed by atoms with Crippen LogP contribution in [-0.4, -0.2) is 22.8 Å². The third-order valence-electron chi connectivity index (χ3n) is 3.90. The Morgan fingerprint density at radius 3 is 2.43 bits per heavy atom. The first kappa shape index (κ1) is 16.7. The molecule has 0 fully saturated rings. The fourth-order valence-corrected chi connectivity index (χ4v) is 2.63. The third kappa shape index (κ3) is 3.56. The van der Waals surface area contributed by atoms with E-state index in [-0.39, 0.29) is 17.2 Å². The van der Waals surface area contributed by atoms with Gasteiger partial charge in [-0.1, -0.05) is 35.9 Å². The van der Waals surface area contributed by atoms with Crippen molar-refractivity contribution >= 4 is 11.6 Å². The number of aryl methyl sites for hydroxylation is 3. The summed E-state index contributed by atoms with van der Waals surface area (Å²) in [5.74, 6) is -0.347. The fourth-order valence-electron chi connectivity index (χ4n) is 2.63. The number of amides is 1. The number of nitrogens with zero attached hydrogens (tertiary/aromatic N) is 2. The van der Waals surface area contributed by atoms with Gasteiger partial charge in [0.1, 0.15) is 5.56 Å². The maximum Gasteiger partial charge on any atom is 0.285 e. The first-order chi connectivity index (χ1) is 10.8. The monoisotopic (exact) mass is 312 g/mol. The predicted molar refractivity (Wildman–Crippen MR) is 89.5 cm³/mol. The van der Waals surface area contributed by atoms with E-state index in [4.69, 9.17) is 0 Å². The van der Waals surface area contributed by atoms with Crippen LogP contribution in [0.4, 0.5) is 5.69 Å². The minimum atomic E-state index is -0.493. The molecule has 0 spiro atoms. The first-order valence-electron chi connectivity index (χ1n) is 7.37. The number of nitro benzene ring substituents is 1. The van der Waals surface area contributed by atoms with Crippen molar-refractivity contribution in [1.82, 2.24) is 4.90 Å². The van der Waals surface area contributed by atoms with E-state index in [9.17, 15) is 14.9 Å². The van der Waals surface area contributed by atoms with E-state index < -0.39 is 4.92 Å². The van der Waals surface area contributed by atoms with Crippen molar-refractivity contribution in [2.24, 2.45) is 0 Å². The van der Waals surface area contributed by atoms with Crippen LogP contribution in [0.3, 0.4) is 0 Å². The second-order valence-electron chi connectivity index (χ2n) is 5.82. The molecular weight excluding hydrogens is 292 g/mol. The summed E-state index contributed by atoms with van der Waals surface area (Å²) in [5.41, 5.74) is 3.78. The molecule has 2 aromatic carbocycles. The SMILES string of the molecule is Cc1ccc(CN(C)C(=O)c2cccc(C)c2[N+](=O)[O-])c(C)c1. The highest BCUT2D eigenvalue weighted by molar-refractivity contribution is 5.98. The molecule has 2 rings (SSSR count). The Labute approximate surface area is 135 Å². The van der Waals surface area contributed by atoms with Crippen LogP contribution in [-0.2, 0) is 6.54 Å². The molecule has 1 amide bonds. The van der Waals surface area contributed by atoms with Gasteiger partial charge in [-0.05, 0) is 38.0 Å². The molecule has 0 aliphatic carbocycles. The smallest absolute Gasteiger partial charge is 0.285 e. The number of benzene rings is 2. The van der Waals surface area contributed by atoms with Crippen molar-refractivity contribution in [3.8, 4) is 0 Å². The second kappa shape index (κ2) is 6.60.